The Kier molecular flexibility index (Phi) is 3.02. The molecule has 6 heteroatoms. The summed E-state index contributed by atoms with van der Waals surface area (Å²) in [5.41, 5.74) is 9.71. The second kappa shape index (κ2) is 4.72. The Morgan fingerprint density at radius 1 is 1.25 bits per heavy atom. The van der Waals surface area contributed by atoms with Crippen LogP contribution in [-0.4, -0.2) is 19.7 Å². The predicted octanol–water partition coefficient (Wildman–Crippen LogP) is 2.80. The molecule has 20 heavy (non-hydrogen) atoms. The van der Waals surface area contributed by atoms with Gasteiger partial charge in [-0.3, -0.25) is 9.67 Å². The van der Waals surface area contributed by atoms with E-state index in [1.165, 1.54) is 0 Å². The molecule has 0 aromatic carbocycles. The summed E-state index contributed by atoms with van der Waals surface area (Å²) in [6.07, 6.45) is 1.76. The number of nitrogens with zero attached hydrogens (tertiary/aromatic N) is 4. The highest BCUT2D eigenvalue weighted by Crippen LogP contribution is 2.38. The zero-order valence-corrected chi connectivity index (χ0v) is 12.4. The van der Waals surface area contributed by atoms with Crippen LogP contribution in [0.4, 0.5) is 5.82 Å². The number of aromatic nitrogens is 4. The van der Waals surface area contributed by atoms with Gasteiger partial charge >= 0.3 is 0 Å². The van der Waals surface area contributed by atoms with Crippen LogP contribution in [0, 0.1) is 13.8 Å². The SMILES string of the molecule is Cc1nc(C)c(-c2nn(C)c(N)c2-c2ccccn2)s1. The summed E-state index contributed by atoms with van der Waals surface area (Å²) in [5.74, 6) is 0.615. The van der Waals surface area contributed by atoms with Crippen molar-refractivity contribution in [2.45, 2.75) is 13.8 Å². The largest absolute Gasteiger partial charge is 0.383 e. The average molecular weight is 285 g/mol. The molecule has 0 spiro atoms. The molecule has 0 saturated carbocycles. The molecule has 0 aliphatic rings. The molecular formula is C14H15N5S. The molecule has 3 aromatic rings. The van der Waals surface area contributed by atoms with Crippen LogP contribution >= 0.6 is 11.3 Å². The molecule has 0 atom stereocenters. The lowest BCUT2D eigenvalue weighted by atomic mass is 10.1. The maximum Gasteiger partial charge on any atom is 0.131 e. The van der Waals surface area contributed by atoms with Crippen molar-refractivity contribution < 1.29 is 0 Å². The van der Waals surface area contributed by atoms with Crippen molar-refractivity contribution in [2.24, 2.45) is 7.05 Å². The summed E-state index contributed by atoms with van der Waals surface area (Å²) in [6.45, 7) is 3.99. The molecule has 0 amide bonds. The molecule has 0 fully saturated rings. The van der Waals surface area contributed by atoms with E-state index < -0.39 is 0 Å². The summed E-state index contributed by atoms with van der Waals surface area (Å²) in [5, 5.41) is 5.57. The van der Waals surface area contributed by atoms with Gasteiger partial charge in [-0.05, 0) is 26.0 Å². The first-order valence-corrected chi connectivity index (χ1v) is 7.08. The van der Waals surface area contributed by atoms with E-state index in [-0.39, 0.29) is 0 Å². The van der Waals surface area contributed by atoms with Crippen LogP contribution in [0.15, 0.2) is 24.4 Å². The Bertz CT molecular complexity index is 757. The molecule has 102 valence electrons. The van der Waals surface area contributed by atoms with E-state index in [4.69, 9.17) is 5.73 Å². The minimum atomic E-state index is 0.615. The van der Waals surface area contributed by atoms with E-state index >= 15 is 0 Å². The monoisotopic (exact) mass is 285 g/mol. The van der Waals surface area contributed by atoms with Gasteiger partial charge in [-0.15, -0.1) is 11.3 Å². The van der Waals surface area contributed by atoms with E-state index in [1.807, 2.05) is 39.1 Å². The lowest BCUT2D eigenvalue weighted by Crippen LogP contribution is -1.98. The van der Waals surface area contributed by atoms with Crippen LogP contribution in [0.5, 0.6) is 0 Å². The minimum absolute atomic E-state index is 0.615. The number of hydrogen-bond acceptors (Lipinski definition) is 5. The number of rotatable bonds is 2. The molecule has 3 heterocycles. The number of aryl methyl sites for hydroxylation is 3. The van der Waals surface area contributed by atoms with Crippen LogP contribution in [0.25, 0.3) is 21.8 Å². The maximum absolute atomic E-state index is 6.17. The Labute approximate surface area is 121 Å². The number of thiazole rings is 1. The highest BCUT2D eigenvalue weighted by atomic mass is 32.1. The van der Waals surface area contributed by atoms with E-state index in [9.17, 15) is 0 Å². The number of hydrogen-bond donors (Lipinski definition) is 1. The first-order chi connectivity index (χ1) is 9.58. The molecule has 3 aromatic heterocycles. The predicted molar refractivity (Wildman–Crippen MR) is 81.4 cm³/mol. The Morgan fingerprint density at radius 2 is 2.05 bits per heavy atom. The van der Waals surface area contributed by atoms with Crippen molar-refractivity contribution in [3.8, 4) is 21.8 Å². The van der Waals surface area contributed by atoms with Crippen molar-refractivity contribution >= 4 is 17.2 Å². The second-order valence-electron chi connectivity index (χ2n) is 4.59. The van der Waals surface area contributed by atoms with E-state index in [1.54, 1.807) is 22.2 Å². The fourth-order valence-corrected chi connectivity index (χ4v) is 3.12. The molecule has 0 saturated heterocycles. The molecule has 2 N–H and O–H groups in total. The van der Waals surface area contributed by atoms with Gasteiger partial charge in [-0.2, -0.15) is 5.10 Å². The van der Waals surface area contributed by atoms with Gasteiger partial charge in [0, 0.05) is 13.2 Å². The first-order valence-electron chi connectivity index (χ1n) is 6.26. The van der Waals surface area contributed by atoms with E-state index in [0.717, 1.165) is 32.5 Å². The van der Waals surface area contributed by atoms with E-state index in [2.05, 4.69) is 15.1 Å². The van der Waals surface area contributed by atoms with Crippen molar-refractivity contribution in [3.63, 3.8) is 0 Å². The smallest absolute Gasteiger partial charge is 0.131 e. The summed E-state index contributed by atoms with van der Waals surface area (Å²) in [7, 11) is 1.84. The van der Waals surface area contributed by atoms with Crippen LogP contribution in [0.3, 0.4) is 0 Å². The third-order valence-corrected chi connectivity index (χ3v) is 4.21. The summed E-state index contributed by atoms with van der Waals surface area (Å²) in [6, 6.07) is 5.78. The van der Waals surface area contributed by atoms with Gasteiger partial charge < -0.3 is 5.73 Å². The summed E-state index contributed by atoms with van der Waals surface area (Å²) >= 11 is 1.63. The molecule has 0 unspecified atom stereocenters. The van der Waals surface area contributed by atoms with E-state index in [0.29, 0.717) is 5.82 Å². The fraction of sp³-hybridized carbons (Fsp3) is 0.214. The van der Waals surface area contributed by atoms with Crippen LogP contribution < -0.4 is 5.73 Å². The van der Waals surface area contributed by atoms with Gasteiger partial charge in [0.1, 0.15) is 11.5 Å². The maximum atomic E-state index is 6.17. The summed E-state index contributed by atoms with van der Waals surface area (Å²) < 4.78 is 1.69. The number of nitrogen functional groups attached to an aromatic ring is 1. The number of nitrogens with two attached hydrogens (primary N) is 1. The van der Waals surface area contributed by atoms with Gasteiger partial charge in [0.25, 0.3) is 0 Å². The topological polar surface area (TPSA) is 69.6 Å². The third kappa shape index (κ3) is 1.98. The Hall–Kier alpha value is -2.21. The lowest BCUT2D eigenvalue weighted by Gasteiger charge is -2.02. The molecule has 0 aliphatic heterocycles. The zero-order chi connectivity index (χ0) is 14.3. The van der Waals surface area contributed by atoms with Gasteiger partial charge in [-0.1, -0.05) is 6.07 Å². The van der Waals surface area contributed by atoms with Crippen LogP contribution in [-0.2, 0) is 7.05 Å². The number of anilines is 1. The Morgan fingerprint density at radius 3 is 2.65 bits per heavy atom. The van der Waals surface area contributed by atoms with Gasteiger partial charge in [-0.25, -0.2) is 4.98 Å². The van der Waals surface area contributed by atoms with Crippen molar-refractivity contribution in [3.05, 3.63) is 35.1 Å². The average Bonchev–Trinajstić information content (AvgIpc) is 2.91. The van der Waals surface area contributed by atoms with Gasteiger partial charge in [0.15, 0.2) is 0 Å². The molecule has 3 rings (SSSR count). The molecule has 0 radical (unpaired) electrons. The highest BCUT2D eigenvalue weighted by molar-refractivity contribution is 7.15. The standard InChI is InChI=1S/C14H15N5S/c1-8-13(20-9(2)17-8)12-11(14(15)19(3)18-12)10-6-4-5-7-16-10/h4-7H,15H2,1-3H3. The fourth-order valence-electron chi connectivity index (χ4n) is 2.21. The van der Waals surface area contributed by atoms with Crippen LogP contribution in [0.1, 0.15) is 10.7 Å². The van der Waals surface area contributed by atoms with Gasteiger partial charge in [0.05, 0.1) is 26.8 Å². The van der Waals surface area contributed by atoms with Gasteiger partial charge in [0.2, 0.25) is 0 Å². The van der Waals surface area contributed by atoms with Crippen molar-refractivity contribution in [2.75, 3.05) is 5.73 Å². The number of pyridine rings is 1. The molecule has 0 bridgehead atoms. The summed E-state index contributed by atoms with van der Waals surface area (Å²) in [4.78, 5) is 9.92. The highest BCUT2D eigenvalue weighted by Gasteiger charge is 2.21. The zero-order valence-electron chi connectivity index (χ0n) is 11.6. The van der Waals surface area contributed by atoms with Crippen molar-refractivity contribution in [1.29, 1.82) is 0 Å². The van der Waals surface area contributed by atoms with Crippen molar-refractivity contribution in [1.82, 2.24) is 19.7 Å². The van der Waals surface area contributed by atoms with Crippen LogP contribution in [0.2, 0.25) is 0 Å². The lowest BCUT2D eigenvalue weighted by molar-refractivity contribution is 0.782. The minimum Gasteiger partial charge on any atom is -0.383 e. The third-order valence-electron chi connectivity index (χ3n) is 3.13. The second-order valence-corrected chi connectivity index (χ2v) is 5.80. The Balaban J connectivity index is 2.28. The molecular weight excluding hydrogens is 270 g/mol. The molecule has 5 nitrogen and oxygen atoms in total. The molecule has 0 aliphatic carbocycles. The first kappa shape index (κ1) is 12.8. The normalized spacial score (nSPS) is 10.9. The quantitative estimate of drug-likeness (QED) is 0.786.